The smallest absolute Gasteiger partial charge is 0.271 e. The molecule has 166 valence electrons. The van der Waals surface area contributed by atoms with Gasteiger partial charge in [-0.25, -0.2) is 8.42 Å². The van der Waals surface area contributed by atoms with E-state index in [1.54, 1.807) is 31.2 Å². The molecule has 0 radical (unpaired) electrons. The summed E-state index contributed by atoms with van der Waals surface area (Å²) in [5.74, 6) is -0.200. The molecule has 0 saturated heterocycles. The van der Waals surface area contributed by atoms with Crippen LogP contribution in [0.15, 0.2) is 71.6 Å². The van der Waals surface area contributed by atoms with Gasteiger partial charge < -0.3 is 10.1 Å². The number of nitro benzene ring substituents is 1. The minimum absolute atomic E-state index is 0.0827. The Hall–Kier alpha value is -3.92. The van der Waals surface area contributed by atoms with E-state index in [-0.39, 0.29) is 21.8 Å². The average molecular weight is 455 g/mol. The van der Waals surface area contributed by atoms with Crippen LogP contribution in [-0.2, 0) is 10.0 Å². The molecule has 3 aromatic rings. The summed E-state index contributed by atoms with van der Waals surface area (Å²) in [6.45, 7) is 1.67. The maximum atomic E-state index is 13.2. The highest BCUT2D eigenvalue weighted by Crippen LogP contribution is 2.31. The van der Waals surface area contributed by atoms with E-state index < -0.39 is 20.9 Å². The number of ether oxygens (including phenoxy) is 1. The van der Waals surface area contributed by atoms with Crippen molar-refractivity contribution in [3.05, 3.63) is 88.0 Å². The Morgan fingerprint density at radius 2 is 1.78 bits per heavy atom. The fraction of sp³-hybridized carbons (Fsp3) is 0.136. The van der Waals surface area contributed by atoms with Gasteiger partial charge in [-0.15, -0.1) is 0 Å². The summed E-state index contributed by atoms with van der Waals surface area (Å²) in [6, 6.07) is 16.4. The molecular formula is C22H21N3O6S. The van der Waals surface area contributed by atoms with Gasteiger partial charge in [0.05, 0.1) is 22.6 Å². The van der Waals surface area contributed by atoms with E-state index in [1.165, 1.54) is 56.6 Å². The van der Waals surface area contributed by atoms with Crippen molar-refractivity contribution >= 4 is 33.0 Å². The first kappa shape index (κ1) is 22.8. The van der Waals surface area contributed by atoms with Crippen molar-refractivity contribution in [2.45, 2.75) is 11.8 Å². The number of aryl methyl sites for hydroxylation is 1. The predicted octanol–water partition coefficient (Wildman–Crippen LogP) is 3.99. The minimum Gasteiger partial charge on any atom is -0.495 e. The monoisotopic (exact) mass is 455 g/mol. The highest BCUT2D eigenvalue weighted by Gasteiger charge is 2.25. The van der Waals surface area contributed by atoms with Crippen LogP contribution < -0.4 is 14.4 Å². The van der Waals surface area contributed by atoms with E-state index in [2.05, 4.69) is 5.32 Å². The molecule has 32 heavy (non-hydrogen) atoms. The van der Waals surface area contributed by atoms with Crippen molar-refractivity contribution in [1.29, 1.82) is 0 Å². The molecule has 0 spiro atoms. The Morgan fingerprint density at radius 3 is 2.47 bits per heavy atom. The number of anilines is 2. The van der Waals surface area contributed by atoms with E-state index in [9.17, 15) is 23.3 Å². The third-order valence-corrected chi connectivity index (χ3v) is 6.62. The number of hydrogen-bond donors (Lipinski definition) is 1. The topological polar surface area (TPSA) is 119 Å². The van der Waals surface area contributed by atoms with Crippen molar-refractivity contribution in [1.82, 2.24) is 0 Å². The lowest BCUT2D eigenvalue weighted by atomic mass is 10.1. The maximum Gasteiger partial charge on any atom is 0.271 e. The van der Waals surface area contributed by atoms with Crippen molar-refractivity contribution in [2.75, 3.05) is 23.8 Å². The summed E-state index contributed by atoms with van der Waals surface area (Å²) in [7, 11) is -1.16. The van der Waals surface area contributed by atoms with Crippen molar-refractivity contribution < 1.29 is 22.9 Å². The highest BCUT2D eigenvalue weighted by atomic mass is 32.2. The van der Waals surface area contributed by atoms with Crippen molar-refractivity contribution in [3.8, 4) is 5.75 Å². The van der Waals surface area contributed by atoms with Gasteiger partial charge in [0.1, 0.15) is 5.75 Å². The van der Waals surface area contributed by atoms with Crippen LogP contribution in [0.2, 0.25) is 0 Å². The number of benzene rings is 3. The molecule has 0 aromatic heterocycles. The number of nitrogens with one attached hydrogen (secondary N) is 1. The number of rotatable bonds is 7. The number of non-ortho nitro benzene ring substituents is 1. The number of amides is 1. The SMILES string of the molecule is COc1ccccc1N(C)S(=O)(=O)c1ccc(C)c(C(=O)Nc2cccc([N+](=O)[O-])c2)c1. The largest absolute Gasteiger partial charge is 0.495 e. The van der Waals surface area contributed by atoms with Crippen LogP contribution in [-0.4, -0.2) is 33.4 Å². The molecule has 0 saturated carbocycles. The molecule has 0 unspecified atom stereocenters. The quantitative estimate of drug-likeness (QED) is 0.425. The third-order valence-electron chi connectivity index (χ3n) is 4.85. The molecule has 0 aliphatic carbocycles. The molecule has 1 amide bonds. The molecule has 0 aliphatic rings. The molecule has 0 aliphatic heterocycles. The zero-order chi connectivity index (χ0) is 23.5. The Balaban J connectivity index is 1.95. The first-order valence-corrected chi connectivity index (χ1v) is 10.9. The summed E-state index contributed by atoms with van der Waals surface area (Å²) in [6.07, 6.45) is 0. The van der Waals surface area contributed by atoms with E-state index in [4.69, 9.17) is 4.74 Å². The molecule has 3 rings (SSSR count). The number of sulfonamides is 1. The van der Waals surface area contributed by atoms with Crippen LogP contribution in [0.3, 0.4) is 0 Å². The van der Waals surface area contributed by atoms with Crippen LogP contribution >= 0.6 is 0 Å². The molecule has 1 N–H and O–H groups in total. The Labute approximate surface area is 185 Å². The van der Waals surface area contributed by atoms with Crippen LogP contribution in [0.25, 0.3) is 0 Å². The van der Waals surface area contributed by atoms with Crippen molar-refractivity contribution in [2.24, 2.45) is 0 Å². The fourth-order valence-electron chi connectivity index (χ4n) is 3.08. The van der Waals surface area contributed by atoms with Gasteiger partial charge in [-0.05, 0) is 42.8 Å². The minimum atomic E-state index is -4.00. The van der Waals surface area contributed by atoms with Crippen LogP contribution in [0.5, 0.6) is 5.75 Å². The Morgan fingerprint density at radius 1 is 1.06 bits per heavy atom. The molecule has 9 nitrogen and oxygen atoms in total. The maximum absolute atomic E-state index is 13.2. The molecular weight excluding hydrogens is 434 g/mol. The second-order valence-corrected chi connectivity index (χ2v) is 8.85. The van der Waals surface area contributed by atoms with Gasteiger partial charge in [0.15, 0.2) is 0 Å². The number of nitrogens with zero attached hydrogens (tertiary/aromatic N) is 2. The van der Waals surface area contributed by atoms with E-state index >= 15 is 0 Å². The first-order chi connectivity index (χ1) is 15.1. The van der Waals surface area contributed by atoms with E-state index in [0.29, 0.717) is 17.0 Å². The lowest BCUT2D eigenvalue weighted by Gasteiger charge is -2.22. The normalized spacial score (nSPS) is 11.0. The predicted molar refractivity (Wildman–Crippen MR) is 121 cm³/mol. The molecule has 0 bridgehead atoms. The van der Waals surface area contributed by atoms with Gasteiger partial charge in [-0.3, -0.25) is 19.2 Å². The molecule has 0 atom stereocenters. The van der Waals surface area contributed by atoms with E-state index in [0.717, 1.165) is 4.31 Å². The molecule has 3 aromatic carbocycles. The number of hydrogen-bond acceptors (Lipinski definition) is 6. The van der Waals surface area contributed by atoms with Crippen molar-refractivity contribution in [3.63, 3.8) is 0 Å². The summed E-state index contributed by atoms with van der Waals surface area (Å²) < 4.78 is 32.8. The summed E-state index contributed by atoms with van der Waals surface area (Å²) >= 11 is 0. The number of methoxy groups -OCH3 is 1. The van der Waals surface area contributed by atoms with Gasteiger partial charge in [-0.2, -0.15) is 0 Å². The number of carbonyl (C=O) groups excluding carboxylic acids is 1. The fourth-order valence-corrected chi connectivity index (χ4v) is 4.31. The third kappa shape index (κ3) is 4.54. The number of carbonyl (C=O) groups is 1. The summed E-state index contributed by atoms with van der Waals surface area (Å²) in [5.41, 5.74) is 1.08. The summed E-state index contributed by atoms with van der Waals surface area (Å²) in [4.78, 5) is 23.1. The van der Waals surface area contributed by atoms with Gasteiger partial charge in [-0.1, -0.05) is 24.3 Å². The van der Waals surface area contributed by atoms with Gasteiger partial charge in [0.25, 0.3) is 21.6 Å². The van der Waals surface area contributed by atoms with Crippen LogP contribution in [0, 0.1) is 17.0 Å². The zero-order valence-electron chi connectivity index (χ0n) is 17.6. The lowest BCUT2D eigenvalue weighted by Crippen LogP contribution is -2.27. The number of nitro groups is 1. The van der Waals surface area contributed by atoms with Gasteiger partial charge >= 0.3 is 0 Å². The average Bonchev–Trinajstić information content (AvgIpc) is 2.78. The van der Waals surface area contributed by atoms with Gasteiger partial charge in [0, 0.05) is 30.4 Å². The van der Waals surface area contributed by atoms with Gasteiger partial charge in [0.2, 0.25) is 0 Å². The van der Waals surface area contributed by atoms with Crippen LogP contribution in [0.4, 0.5) is 17.1 Å². The molecule has 0 fully saturated rings. The molecule has 0 heterocycles. The zero-order valence-corrected chi connectivity index (χ0v) is 18.4. The number of para-hydroxylation sites is 2. The second kappa shape index (κ2) is 9.06. The summed E-state index contributed by atoms with van der Waals surface area (Å²) in [5, 5.41) is 13.5. The second-order valence-electron chi connectivity index (χ2n) is 6.88. The van der Waals surface area contributed by atoms with E-state index in [1.807, 2.05) is 0 Å². The Kier molecular flexibility index (Phi) is 6.45. The lowest BCUT2D eigenvalue weighted by molar-refractivity contribution is -0.384. The standard InChI is InChI=1S/C22H21N3O6S/c1-15-11-12-18(32(29,30)24(2)20-9-4-5-10-21(20)31-3)14-19(15)22(26)23-16-7-6-8-17(13-16)25(27)28/h4-14H,1-3H3,(H,23,26). The molecule has 10 heteroatoms. The highest BCUT2D eigenvalue weighted by molar-refractivity contribution is 7.92. The first-order valence-electron chi connectivity index (χ1n) is 9.43. The Bertz CT molecular complexity index is 1290. The van der Waals surface area contributed by atoms with Crippen LogP contribution in [0.1, 0.15) is 15.9 Å².